The van der Waals surface area contributed by atoms with Crippen molar-refractivity contribution < 1.29 is 0 Å². The van der Waals surface area contributed by atoms with Crippen molar-refractivity contribution in [3.05, 3.63) is 34.7 Å². The van der Waals surface area contributed by atoms with Crippen molar-refractivity contribution in [3.63, 3.8) is 0 Å². The van der Waals surface area contributed by atoms with Crippen LogP contribution >= 0.6 is 11.3 Å². The number of hydrogen-bond donors (Lipinski definition) is 1. The molecular weight excluding hydrogens is 190 g/mol. The largest absolute Gasteiger partial charge is 0.328 e. The molecular formula is C12H15NS. The maximum absolute atomic E-state index is 5.83. The first-order chi connectivity index (χ1) is 6.66. The van der Waals surface area contributed by atoms with Crippen LogP contribution < -0.4 is 5.73 Å². The predicted molar refractivity (Wildman–Crippen MR) is 63.9 cm³/mol. The summed E-state index contributed by atoms with van der Waals surface area (Å²) in [6.07, 6.45) is 0.970. The van der Waals surface area contributed by atoms with Gasteiger partial charge in [0.25, 0.3) is 0 Å². The first-order valence-electron chi connectivity index (χ1n) is 4.90. The lowest BCUT2D eigenvalue weighted by molar-refractivity contribution is 0.742. The molecule has 1 heterocycles. The summed E-state index contributed by atoms with van der Waals surface area (Å²) in [4.78, 5) is 1.37. The van der Waals surface area contributed by atoms with Crippen LogP contribution in [0.15, 0.2) is 24.3 Å². The fourth-order valence-corrected chi connectivity index (χ4v) is 2.80. The molecule has 2 aromatic rings. The monoisotopic (exact) mass is 205 g/mol. The Hall–Kier alpha value is -0.860. The lowest BCUT2D eigenvalue weighted by atomic mass is 10.1. The molecule has 0 saturated carbocycles. The maximum Gasteiger partial charge on any atom is 0.0378 e. The average molecular weight is 205 g/mol. The van der Waals surface area contributed by atoms with Gasteiger partial charge in [0.1, 0.15) is 0 Å². The number of nitrogens with two attached hydrogens (primary N) is 1. The maximum atomic E-state index is 5.83. The van der Waals surface area contributed by atoms with Crippen LogP contribution in [0.1, 0.15) is 17.4 Å². The highest BCUT2D eigenvalue weighted by molar-refractivity contribution is 7.19. The van der Waals surface area contributed by atoms with Gasteiger partial charge >= 0.3 is 0 Å². The molecule has 0 bridgehead atoms. The number of aryl methyl sites for hydroxylation is 1. The molecule has 2 rings (SSSR count). The topological polar surface area (TPSA) is 26.0 Å². The molecule has 0 aliphatic carbocycles. The van der Waals surface area contributed by atoms with Crippen LogP contribution in [-0.2, 0) is 6.42 Å². The van der Waals surface area contributed by atoms with Crippen LogP contribution in [0.25, 0.3) is 10.1 Å². The van der Waals surface area contributed by atoms with Crippen molar-refractivity contribution in [1.82, 2.24) is 0 Å². The Bertz CT molecular complexity index is 443. The summed E-state index contributed by atoms with van der Waals surface area (Å²) in [6, 6.07) is 8.95. The van der Waals surface area contributed by atoms with Gasteiger partial charge in [-0.15, -0.1) is 11.3 Å². The zero-order valence-corrected chi connectivity index (χ0v) is 9.40. The molecule has 2 heteroatoms. The quantitative estimate of drug-likeness (QED) is 0.801. The molecule has 1 aromatic heterocycles. The lowest BCUT2D eigenvalue weighted by Gasteiger charge is -2.05. The van der Waals surface area contributed by atoms with Gasteiger partial charge in [-0.3, -0.25) is 0 Å². The Balaban J connectivity index is 2.53. The van der Waals surface area contributed by atoms with Crippen molar-refractivity contribution in [2.75, 3.05) is 0 Å². The molecule has 1 nitrogen and oxygen atoms in total. The van der Waals surface area contributed by atoms with Crippen molar-refractivity contribution in [2.24, 2.45) is 5.73 Å². The van der Waals surface area contributed by atoms with Gasteiger partial charge in [-0.1, -0.05) is 18.2 Å². The Kier molecular flexibility index (Phi) is 2.57. The highest BCUT2D eigenvalue weighted by Gasteiger charge is 2.05. The Labute approximate surface area is 88.6 Å². The molecule has 1 aromatic carbocycles. The molecule has 0 aliphatic heterocycles. The van der Waals surface area contributed by atoms with E-state index >= 15 is 0 Å². The van der Waals surface area contributed by atoms with Crippen LogP contribution in [0.4, 0.5) is 0 Å². The first kappa shape index (κ1) is 9.69. The Morgan fingerprint density at radius 1 is 1.43 bits per heavy atom. The van der Waals surface area contributed by atoms with Gasteiger partial charge in [-0.05, 0) is 37.3 Å². The molecule has 2 N–H and O–H groups in total. The van der Waals surface area contributed by atoms with Crippen molar-refractivity contribution in [3.8, 4) is 0 Å². The van der Waals surface area contributed by atoms with E-state index in [0.29, 0.717) is 0 Å². The number of benzene rings is 1. The van der Waals surface area contributed by atoms with E-state index in [9.17, 15) is 0 Å². The van der Waals surface area contributed by atoms with Gasteiger partial charge in [0.15, 0.2) is 0 Å². The van der Waals surface area contributed by atoms with E-state index in [1.165, 1.54) is 20.5 Å². The second-order valence-electron chi connectivity index (χ2n) is 3.87. The Morgan fingerprint density at radius 2 is 2.21 bits per heavy atom. The van der Waals surface area contributed by atoms with Gasteiger partial charge in [0.05, 0.1) is 0 Å². The summed E-state index contributed by atoms with van der Waals surface area (Å²) in [5.74, 6) is 0. The summed E-state index contributed by atoms with van der Waals surface area (Å²) in [7, 11) is 0. The summed E-state index contributed by atoms with van der Waals surface area (Å²) < 4.78 is 1.40. The summed E-state index contributed by atoms with van der Waals surface area (Å²) in [6.45, 7) is 4.21. The zero-order chi connectivity index (χ0) is 10.1. The summed E-state index contributed by atoms with van der Waals surface area (Å²) in [5, 5.41) is 1.35. The SMILES string of the molecule is Cc1cc2cccc(CC(C)N)c2s1. The van der Waals surface area contributed by atoms with E-state index in [4.69, 9.17) is 5.73 Å². The van der Waals surface area contributed by atoms with Gasteiger partial charge < -0.3 is 5.73 Å². The van der Waals surface area contributed by atoms with Crippen molar-refractivity contribution in [2.45, 2.75) is 26.3 Å². The third-order valence-electron chi connectivity index (χ3n) is 2.29. The molecule has 14 heavy (non-hydrogen) atoms. The molecule has 1 atom stereocenters. The molecule has 74 valence electrons. The highest BCUT2D eigenvalue weighted by Crippen LogP contribution is 2.28. The fourth-order valence-electron chi connectivity index (χ4n) is 1.76. The molecule has 0 fully saturated rings. The van der Waals surface area contributed by atoms with Crippen LogP contribution in [0.3, 0.4) is 0 Å². The second kappa shape index (κ2) is 3.71. The molecule has 0 saturated heterocycles. The minimum absolute atomic E-state index is 0.239. The van der Waals surface area contributed by atoms with Crippen LogP contribution in [0.2, 0.25) is 0 Å². The summed E-state index contributed by atoms with van der Waals surface area (Å²) >= 11 is 1.87. The number of rotatable bonds is 2. The molecule has 0 radical (unpaired) electrons. The van der Waals surface area contributed by atoms with E-state index in [-0.39, 0.29) is 6.04 Å². The minimum Gasteiger partial charge on any atom is -0.328 e. The van der Waals surface area contributed by atoms with Gasteiger partial charge in [-0.2, -0.15) is 0 Å². The molecule has 0 aliphatic rings. The average Bonchev–Trinajstić information content (AvgIpc) is 2.45. The fraction of sp³-hybridized carbons (Fsp3) is 0.333. The van der Waals surface area contributed by atoms with E-state index < -0.39 is 0 Å². The van der Waals surface area contributed by atoms with Gasteiger partial charge in [0, 0.05) is 15.6 Å². The number of fused-ring (bicyclic) bond motifs is 1. The minimum atomic E-state index is 0.239. The van der Waals surface area contributed by atoms with Crippen LogP contribution in [0.5, 0.6) is 0 Å². The first-order valence-corrected chi connectivity index (χ1v) is 5.72. The summed E-state index contributed by atoms with van der Waals surface area (Å²) in [5.41, 5.74) is 7.21. The smallest absolute Gasteiger partial charge is 0.0378 e. The third kappa shape index (κ3) is 1.81. The number of thiophene rings is 1. The second-order valence-corrected chi connectivity index (χ2v) is 5.13. The molecule has 1 unspecified atom stereocenters. The third-order valence-corrected chi connectivity index (χ3v) is 3.43. The van der Waals surface area contributed by atoms with E-state index in [1.807, 2.05) is 11.3 Å². The van der Waals surface area contributed by atoms with Crippen molar-refractivity contribution >= 4 is 21.4 Å². The van der Waals surface area contributed by atoms with Gasteiger partial charge in [-0.25, -0.2) is 0 Å². The lowest BCUT2D eigenvalue weighted by Crippen LogP contribution is -2.17. The van der Waals surface area contributed by atoms with Crippen LogP contribution in [-0.4, -0.2) is 6.04 Å². The zero-order valence-electron chi connectivity index (χ0n) is 8.58. The van der Waals surface area contributed by atoms with E-state index in [1.54, 1.807) is 0 Å². The van der Waals surface area contributed by atoms with E-state index in [0.717, 1.165) is 6.42 Å². The molecule has 0 spiro atoms. The standard InChI is InChI=1S/C12H15NS/c1-8(13)6-10-4-3-5-11-7-9(2)14-12(10)11/h3-5,7-8H,6,13H2,1-2H3. The van der Waals surface area contributed by atoms with Gasteiger partial charge in [0.2, 0.25) is 0 Å². The predicted octanol–water partition coefficient (Wildman–Crippen LogP) is 3.10. The van der Waals surface area contributed by atoms with Crippen LogP contribution in [0, 0.1) is 6.92 Å². The van der Waals surface area contributed by atoms with Crippen molar-refractivity contribution in [1.29, 1.82) is 0 Å². The number of hydrogen-bond acceptors (Lipinski definition) is 2. The Morgan fingerprint density at radius 3 is 2.93 bits per heavy atom. The van der Waals surface area contributed by atoms with E-state index in [2.05, 4.69) is 38.1 Å². The highest BCUT2D eigenvalue weighted by atomic mass is 32.1. The molecule has 0 amide bonds. The normalized spacial score (nSPS) is 13.4.